The number of esters is 4. The monoisotopic (exact) mass is 1220 g/mol. The second-order valence-corrected chi connectivity index (χ2v) is 25.4. The van der Waals surface area contributed by atoms with E-state index in [0.717, 1.165) is 103 Å². The van der Waals surface area contributed by atoms with Crippen LogP contribution >= 0.6 is 0 Å². The number of unbranched alkanes of at least 4 members (excludes halogenated alkanes) is 14. The predicted octanol–water partition coefficient (Wildman–Crippen LogP) is 11.6. The van der Waals surface area contributed by atoms with Gasteiger partial charge in [-0.25, -0.2) is 0 Å². The summed E-state index contributed by atoms with van der Waals surface area (Å²) in [5.74, 6) is -1.33. The van der Waals surface area contributed by atoms with Crippen molar-refractivity contribution in [2.45, 2.75) is 360 Å². The molecule has 0 aromatic rings. The van der Waals surface area contributed by atoms with Crippen LogP contribution in [0.15, 0.2) is 0 Å². The molecule has 6 N–H and O–H groups in total. The average Bonchev–Trinajstić information content (AvgIpc) is 2.86. The van der Waals surface area contributed by atoms with E-state index in [1.54, 1.807) is 0 Å². The SMILES string of the molecule is CCCCCC(C)OC(=O)CCCCC(O)CN(CCCCC1NC(=O)C(CCCCN(CC(O)CCCCC(=O)OC(C)CCCCC)CC(O)CCCCC(=O)OC(C)CCCCC)NC1=O)CC(O)CCCCC(=O)OC(C)CCCCC. The number of aliphatic hydroxyl groups is 4. The van der Waals surface area contributed by atoms with Crippen molar-refractivity contribution in [3.63, 3.8) is 0 Å². The van der Waals surface area contributed by atoms with Gasteiger partial charge in [-0.2, -0.15) is 0 Å². The molecule has 0 bridgehead atoms. The fourth-order valence-corrected chi connectivity index (χ4v) is 11.2. The maximum Gasteiger partial charge on any atom is 0.306 e. The van der Waals surface area contributed by atoms with Gasteiger partial charge < -0.3 is 50.0 Å². The maximum atomic E-state index is 13.4. The van der Waals surface area contributed by atoms with E-state index in [4.69, 9.17) is 18.9 Å². The number of nitrogens with zero attached hydrogens (tertiary/aromatic N) is 2. The molecule has 10 unspecified atom stereocenters. The number of amides is 2. The van der Waals surface area contributed by atoms with E-state index in [-0.39, 0.29) is 60.1 Å². The molecule has 504 valence electrons. The maximum absolute atomic E-state index is 13.4. The normalized spacial score (nSPS) is 17.3. The Labute approximate surface area is 521 Å². The number of aliphatic hydroxyl groups excluding tert-OH is 4. The van der Waals surface area contributed by atoms with Crippen LogP contribution in [0.25, 0.3) is 0 Å². The average molecular weight is 1230 g/mol. The molecule has 0 aliphatic carbocycles. The largest absolute Gasteiger partial charge is 0.463 e. The molecule has 86 heavy (non-hydrogen) atoms. The van der Waals surface area contributed by atoms with Gasteiger partial charge >= 0.3 is 23.9 Å². The molecule has 0 spiro atoms. The number of hydrogen-bond donors (Lipinski definition) is 6. The molecule has 1 fully saturated rings. The smallest absolute Gasteiger partial charge is 0.306 e. The number of piperazine rings is 1. The van der Waals surface area contributed by atoms with Crippen molar-refractivity contribution in [2.24, 2.45) is 0 Å². The van der Waals surface area contributed by atoms with Crippen molar-refractivity contribution in [3.8, 4) is 0 Å². The second-order valence-electron chi connectivity index (χ2n) is 25.4. The molecule has 0 saturated carbocycles. The third kappa shape index (κ3) is 44.9. The predicted molar refractivity (Wildman–Crippen MR) is 341 cm³/mol. The van der Waals surface area contributed by atoms with E-state index >= 15 is 0 Å². The van der Waals surface area contributed by atoms with E-state index in [1.807, 2.05) is 37.5 Å². The number of carbonyl (C=O) groups excluding carboxylic acids is 6. The third-order valence-corrected chi connectivity index (χ3v) is 16.4. The van der Waals surface area contributed by atoms with Gasteiger partial charge in [0, 0.05) is 51.9 Å². The standard InChI is InChI=1S/C68H128N4O14/c1-9-13-17-33-53(5)83-63(77)43-25-21-37-57(73)49-71(50-58(74)38-22-26-44-64(78)84-54(6)34-18-14-10-2)47-31-29-41-61-67(81)70-62(68(82)69-61)42-30-32-48-72(51-59(75)39-23-27-45-65(79)85-55(7)35-19-15-11-3)52-60(76)40-24-28-46-66(80)86-56(8)36-20-16-12-4/h53-62,73-76H,9-52H2,1-8H3,(H,69,82)(H,70,81). The molecule has 1 aliphatic heterocycles. The van der Waals surface area contributed by atoms with Gasteiger partial charge in [-0.3, -0.25) is 38.6 Å². The van der Waals surface area contributed by atoms with E-state index < -0.39 is 36.5 Å². The molecule has 0 radical (unpaired) electrons. The fourth-order valence-electron chi connectivity index (χ4n) is 11.2. The summed E-state index contributed by atoms with van der Waals surface area (Å²) in [6.07, 6.45) is 24.9. The topological polar surface area (TPSA) is 251 Å². The van der Waals surface area contributed by atoms with Gasteiger partial charge in [-0.15, -0.1) is 0 Å². The van der Waals surface area contributed by atoms with Crippen molar-refractivity contribution in [1.29, 1.82) is 0 Å². The Kier molecular flexibility index (Phi) is 49.1. The molecule has 1 rings (SSSR count). The zero-order valence-corrected chi connectivity index (χ0v) is 55.7. The highest BCUT2D eigenvalue weighted by Crippen LogP contribution is 2.19. The molecule has 1 aliphatic rings. The van der Waals surface area contributed by atoms with Gasteiger partial charge in [0.1, 0.15) is 12.1 Å². The lowest BCUT2D eigenvalue weighted by atomic mass is 10.0. The highest BCUT2D eigenvalue weighted by atomic mass is 16.6. The van der Waals surface area contributed by atoms with Crippen LogP contribution in [0, 0.1) is 0 Å². The first-order valence-electron chi connectivity index (χ1n) is 34.8. The summed E-state index contributed by atoms with van der Waals surface area (Å²) in [6.45, 7) is 18.7. The van der Waals surface area contributed by atoms with Crippen molar-refractivity contribution in [3.05, 3.63) is 0 Å². The number of nitrogens with one attached hydrogen (secondary N) is 2. The van der Waals surface area contributed by atoms with E-state index in [2.05, 4.69) is 38.3 Å². The lowest BCUT2D eigenvalue weighted by Crippen LogP contribution is -2.61. The summed E-state index contributed by atoms with van der Waals surface area (Å²) in [5, 5.41) is 50.5. The first-order chi connectivity index (χ1) is 41.3. The number of ether oxygens (including phenoxy) is 4. The van der Waals surface area contributed by atoms with Gasteiger partial charge in [-0.1, -0.05) is 105 Å². The van der Waals surface area contributed by atoms with Crippen molar-refractivity contribution in [1.82, 2.24) is 20.4 Å². The molecule has 0 aromatic heterocycles. The Hall–Kier alpha value is -3.42. The van der Waals surface area contributed by atoms with Crippen LogP contribution in [0.2, 0.25) is 0 Å². The van der Waals surface area contributed by atoms with Crippen LogP contribution in [-0.2, 0) is 47.7 Å². The lowest BCUT2D eigenvalue weighted by Gasteiger charge is -2.31. The lowest BCUT2D eigenvalue weighted by molar-refractivity contribution is -0.149. The Morgan fingerprint density at radius 1 is 0.360 bits per heavy atom. The molecular weight excluding hydrogens is 1100 g/mol. The minimum Gasteiger partial charge on any atom is -0.463 e. The number of carbonyl (C=O) groups is 6. The first kappa shape index (κ1) is 80.6. The van der Waals surface area contributed by atoms with Crippen LogP contribution in [0.4, 0.5) is 0 Å². The molecule has 1 saturated heterocycles. The molecule has 10 atom stereocenters. The van der Waals surface area contributed by atoms with Crippen LogP contribution in [-0.4, -0.2) is 166 Å². The van der Waals surface area contributed by atoms with E-state index in [0.29, 0.717) is 181 Å². The van der Waals surface area contributed by atoms with Gasteiger partial charge in [-0.05, 0) is 182 Å². The Morgan fingerprint density at radius 3 is 0.826 bits per heavy atom. The summed E-state index contributed by atoms with van der Waals surface area (Å²) in [7, 11) is 0. The van der Waals surface area contributed by atoms with Gasteiger partial charge in [0.05, 0.1) is 48.8 Å². The third-order valence-electron chi connectivity index (χ3n) is 16.4. The Morgan fingerprint density at radius 2 is 0.593 bits per heavy atom. The van der Waals surface area contributed by atoms with Crippen LogP contribution in [0.5, 0.6) is 0 Å². The van der Waals surface area contributed by atoms with Gasteiger partial charge in [0.25, 0.3) is 0 Å². The van der Waals surface area contributed by atoms with Gasteiger partial charge in [0.15, 0.2) is 0 Å². The summed E-state index contributed by atoms with van der Waals surface area (Å²) in [6, 6.07) is -1.37. The van der Waals surface area contributed by atoms with Crippen molar-refractivity contribution in [2.75, 3.05) is 39.3 Å². The second kappa shape index (κ2) is 52.4. The number of rotatable bonds is 58. The van der Waals surface area contributed by atoms with Crippen LogP contribution < -0.4 is 10.6 Å². The molecule has 18 nitrogen and oxygen atoms in total. The van der Waals surface area contributed by atoms with E-state index in [9.17, 15) is 49.2 Å². The number of hydrogen-bond acceptors (Lipinski definition) is 16. The minimum absolute atomic E-state index is 0.107. The quantitative estimate of drug-likeness (QED) is 0.0188. The van der Waals surface area contributed by atoms with Crippen LogP contribution in [0.1, 0.15) is 299 Å². The Balaban J connectivity index is 2.78. The van der Waals surface area contributed by atoms with Gasteiger partial charge in [0.2, 0.25) is 11.8 Å². The molecular formula is C68H128N4O14. The Bertz CT molecular complexity index is 1530. The summed E-state index contributed by atoms with van der Waals surface area (Å²) < 4.78 is 22.3. The molecule has 1 heterocycles. The highest BCUT2D eigenvalue weighted by Gasteiger charge is 2.33. The first-order valence-corrected chi connectivity index (χ1v) is 34.8. The van der Waals surface area contributed by atoms with E-state index in [1.165, 1.54) is 0 Å². The summed E-state index contributed by atoms with van der Waals surface area (Å²) in [4.78, 5) is 80.7. The van der Waals surface area contributed by atoms with Crippen molar-refractivity contribution < 1.29 is 68.1 Å². The molecule has 0 aromatic carbocycles. The van der Waals surface area contributed by atoms with Crippen LogP contribution in [0.3, 0.4) is 0 Å². The summed E-state index contributed by atoms with van der Waals surface area (Å²) >= 11 is 0. The summed E-state index contributed by atoms with van der Waals surface area (Å²) in [5.41, 5.74) is 0. The fraction of sp³-hybridized carbons (Fsp3) is 0.912. The zero-order valence-electron chi connectivity index (χ0n) is 55.7. The van der Waals surface area contributed by atoms with Crippen molar-refractivity contribution >= 4 is 35.7 Å². The molecule has 2 amide bonds. The molecule has 18 heteroatoms. The highest BCUT2D eigenvalue weighted by molar-refractivity contribution is 5.96. The zero-order chi connectivity index (χ0) is 63.7. The minimum atomic E-state index is -0.687.